The second kappa shape index (κ2) is 6.83. The predicted octanol–water partition coefficient (Wildman–Crippen LogP) is 0.995. The number of para-hydroxylation sites is 1. The van der Waals surface area contributed by atoms with Crippen molar-refractivity contribution in [2.24, 2.45) is 5.92 Å². The van der Waals surface area contributed by atoms with E-state index in [1.807, 2.05) is 19.0 Å². The molecule has 22 heavy (non-hydrogen) atoms. The molecule has 1 aromatic carbocycles. The standard InChI is InChI=1S/C15H19F2N3O2/c1-19(2)7-6-18-15(22)10-8-13(21)20(9-10)14-11(16)4-3-5-12(14)17/h3-5,10H,6-9H2,1-2H3,(H,18,22). The molecule has 0 aromatic heterocycles. The van der Waals surface area contributed by atoms with E-state index in [0.29, 0.717) is 13.1 Å². The summed E-state index contributed by atoms with van der Waals surface area (Å²) in [4.78, 5) is 26.9. The Morgan fingerprint density at radius 2 is 2.00 bits per heavy atom. The van der Waals surface area contributed by atoms with E-state index in [9.17, 15) is 18.4 Å². The highest BCUT2D eigenvalue weighted by Gasteiger charge is 2.37. The number of benzene rings is 1. The van der Waals surface area contributed by atoms with Crippen LogP contribution in [0.2, 0.25) is 0 Å². The zero-order chi connectivity index (χ0) is 16.3. The maximum atomic E-state index is 13.8. The normalized spacial score (nSPS) is 18.1. The number of nitrogens with one attached hydrogen (secondary N) is 1. The third kappa shape index (κ3) is 3.59. The molecule has 7 heteroatoms. The molecule has 5 nitrogen and oxygen atoms in total. The van der Waals surface area contributed by atoms with Gasteiger partial charge in [0.1, 0.15) is 17.3 Å². The Kier molecular flexibility index (Phi) is 5.07. The number of anilines is 1. The molecule has 0 aliphatic carbocycles. The average Bonchev–Trinajstić information content (AvgIpc) is 2.80. The maximum absolute atomic E-state index is 13.8. The average molecular weight is 311 g/mol. The van der Waals surface area contributed by atoms with Crippen molar-refractivity contribution in [1.29, 1.82) is 0 Å². The van der Waals surface area contributed by atoms with E-state index in [2.05, 4.69) is 5.32 Å². The summed E-state index contributed by atoms with van der Waals surface area (Å²) in [6.45, 7) is 1.13. The van der Waals surface area contributed by atoms with Gasteiger partial charge in [-0.3, -0.25) is 9.59 Å². The Morgan fingerprint density at radius 3 is 2.59 bits per heavy atom. The first-order valence-electron chi connectivity index (χ1n) is 7.07. The number of hydrogen-bond acceptors (Lipinski definition) is 3. The number of hydrogen-bond donors (Lipinski definition) is 1. The van der Waals surface area contributed by atoms with Crippen LogP contribution in [-0.2, 0) is 9.59 Å². The molecular formula is C15H19F2N3O2. The summed E-state index contributed by atoms with van der Waals surface area (Å²) in [6.07, 6.45) is -0.0401. The molecule has 1 atom stereocenters. The number of halogens is 2. The van der Waals surface area contributed by atoms with Crippen molar-refractivity contribution in [2.45, 2.75) is 6.42 Å². The summed E-state index contributed by atoms with van der Waals surface area (Å²) in [6, 6.07) is 3.42. The van der Waals surface area contributed by atoms with Crippen LogP contribution in [0.25, 0.3) is 0 Å². The Bertz CT molecular complexity index is 558. The van der Waals surface area contributed by atoms with Crippen molar-refractivity contribution < 1.29 is 18.4 Å². The van der Waals surface area contributed by atoms with Gasteiger partial charge in [-0.15, -0.1) is 0 Å². The smallest absolute Gasteiger partial charge is 0.228 e. The first-order chi connectivity index (χ1) is 10.4. The zero-order valence-corrected chi connectivity index (χ0v) is 12.6. The van der Waals surface area contributed by atoms with Gasteiger partial charge in [0, 0.05) is 26.1 Å². The van der Waals surface area contributed by atoms with Crippen LogP contribution in [0.5, 0.6) is 0 Å². The van der Waals surface area contributed by atoms with Gasteiger partial charge in [-0.25, -0.2) is 8.78 Å². The van der Waals surface area contributed by atoms with E-state index >= 15 is 0 Å². The first-order valence-corrected chi connectivity index (χ1v) is 7.07. The van der Waals surface area contributed by atoms with Gasteiger partial charge >= 0.3 is 0 Å². The van der Waals surface area contributed by atoms with Gasteiger partial charge in [-0.05, 0) is 26.2 Å². The maximum Gasteiger partial charge on any atom is 0.228 e. The molecule has 1 N–H and O–H groups in total. The quantitative estimate of drug-likeness (QED) is 0.882. The molecule has 1 aliphatic heterocycles. The van der Waals surface area contributed by atoms with Crippen molar-refractivity contribution in [3.63, 3.8) is 0 Å². The third-order valence-corrected chi connectivity index (χ3v) is 3.56. The molecule has 2 rings (SSSR count). The summed E-state index contributed by atoms with van der Waals surface area (Å²) in [7, 11) is 3.77. The highest BCUT2D eigenvalue weighted by Crippen LogP contribution is 2.29. The highest BCUT2D eigenvalue weighted by atomic mass is 19.1. The van der Waals surface area contributed by atoms with Crippen molar-refractivity contribution >= 4 is 17.5 Å². The van der Waals surface area contributed by atoms with Gasteiger partial charge in [-0.1, -0.05) is 6.07 Å². The predicted molar refractivity (Wildman–Crippen MR) is 78.4 cm³/mol. The Hall–Kier alpha value is -2.02. The van der Waals surface area contributed by atoms with Crippen LogP contribution in [0.1, 0.15) is 6.42 Å². The number of likely N-dealkylation sites (N-methyl/N-ethyl adjacent to an activating group) is 1. The molecule has 1 saturated heterocycles. The van der Waals surface area contributed by atoms with Crippen LogP contribution in [-0.4, -0.2) is 50.4 Å². The first kappa shape index (κ1) is 16.4. The molecular weight excluding hydrogens is 292 g/mol. The molecule has 1 unspecified atom stereocenters. The minimum Gasteiger partial charge on any atom is -0.355 e. The summed E-state index contributed by atoms with van der Waals surface area (Å²) in [5.74, 6) is -2.91. The largest absolute Gasteiger partial charge is 0.355 e. The molecule has 120 valence electrons. The summed E-state index contributed by atoms with van der Waals surface area (Å²) in [5, 5.41) is 2.73. The Labute approximate surface area is 127 Å². The minimum atomic E-state index is -0.804. The Morgan fingerprint density at radius 1 is 1.36 bits per heavy atom. The number of amides is 2. The van der Waals surface area contributed by atoms with E-state index in [4.69, 9.17) is 0 Å². The van der Waals surface area contributed by atoms with Gasteiger partial charge in [0.2, 0.25) is 11.8 Å². The molecule has 0 bridgehead atoms. The van der Waals surface area contributed by atoms with Crippen LogP contribution in [0.15, 0.2) is 18.2 Å². The summed E-state index contributed by atoms with van der Waals surface area (Å²) in [5.41, 5.74) is -0.379. The molecule has 1 aromatic rings. The number of carbonyl (C=O) groups is 2. The number of nitrogens with zero attached hydrogens (tertiary/aromatic N) is 2. The molecule has 0 radical (unpaired) electrons. The molecule has 1 aliphatic rings. The number of carbonyl (C=O) groups excluding carboxylic acids is 2. The van der Waals surface area contributed by atoms with Gasteiger partial charge in [0.05, 0.1) is 5.92 Å². The molecule has 0 spiro atoms. The van der Waals surface area contributed by atoms with E-state index in [-0.39, 0.29) is 24.6 Å². The van der Waals surface area contributed by atoms with Crippen LogP contribution in [0.3, 0.4) is 0 Å². The van der Waals surface area contributed by atoms with Crippen molar-refractivity contribution in [2.75, 3.05) is 38.6 Å². The van der Waals surface area contributed by atoms with Crippen molar-refractivity contribution in [1.82, 2.24) is 10.2 Å². The fourth-order valence-corrected chi connectivity index (χ4v) is 2.39. The van der Waals surface area contributed by atoms with Crippen molar-refractivity contribution in [3.05, 3.63) is 29.8 Å². The molecule has 1 fully saturated rings. The topological polar surface area (TPSA) is 52.7 Å². The van der Waals surface area contributed by atoms with Gasteiger partial charge in [-0.2, -0.15) is 0 Å². The lowest BCUT2D eigenvalue weighted by atomic mass is 10.1. The summed E-state index contributed by atoms with van der Waals surface area (Å²) >= 11 is 0. The number of rotatable bonds is 5. The zero-order valence-electron chi connectivity index (χ0n) is 12.6. The molecule has 1 heterocycles. The lowest BCUT2D eigenvalue weighted by Crippen LogP contribution is -2.37. The lowest BCUT2D eigenvalue weighted by molar-refractivity contribution is -0.126. The fraction of sp³-hybridized carbons (Fsp3) is 0.467. The minimum absolute atomic E-state index is 0.00944. The van der Waals surface area contributed by atoms with Crippen LogP contribution < -0.4 is 10.2 Å². The monoisotopic (exact) mass is 311 g/mol. The van der Waals surface area contributed by atoms with Gasteiger partial charge in [0.15, 0.2) is 0 Å². The van der Waals surface area contributed by atoms with E-state index < -0.39 is 23.5 Å². The Balaban J connectivity index is 2.03. The van der Waals surface area contributed by atoms with Crippen molar-refractivity contribution in [3.8, 4) is 0 Å². The lowest BCUT2D eigenvalue weighted by Gasteiger charge is -2.18. The van der Waals surface area contributed by atoms with Gasteiger partial charge in [0.25, 0.3) is 0 Å². The molecule has 2 amide bonds. The molecule has 0 saturated carbocycles. The highest BCUT2D eigenvalue weighted by molar-refractivity contribution is 6.00. The van der Waals surface area contributed by atoms with Crippen LogP contribution in [0, 0.1) is 17.6 Å². The SMILES string of the molecule is CN(C)CCNC(=O)C1CC(=O)N(c2c(F)cccc2F)C1. The fourth-order valence-electron chi connectivity index (χ4n) is 2.39. The summed E-state index contributed by atoms with van der Waals surface area (Å²) < 4.78 is 27.5. The third-order valence-electron chi connectivity index (χ3n) is 3.56. The van der Waals surface area contributed by atoms with E-state index in [0.717, 1.165) is 17.0 Å². The van der Waals surface area contributed by atoms with E-state index in [1.54, 1.807) is 0 Å². The van der Waals surface area contributed by atoms with Gasteiger partial charge < -0.3 is 15.1 Å². The van der Waals surface area contributed by atoms with Crippen LogP contribution in [0.4, 0.5) is 14.5 Å². The van der Waals surface area contributed by atoms with E-state index in [1.165, 1.54) is 6.07 Å². The second-order valence-electron chi connectivity index (χ2n) is 5.57. The van der Waals surface area contributed by atoms with Crippen LogP contribution >= 0.6 is 0 Å². The second-order valence-corrected chi connectivity index (χ2v) is 5.57.